The summed E-state index contributed by atoms with van der Waals surface area (Å²) in [5, 5.41) is 2.51. The number of Topliss-reactive ketones (excluding diaryl/α,β-unsaturated/α-hetero) is 1. The van der Waals surface area contributed by atoms with Crippen molar-refractivity contribution >= 4 is 46.2 Å². The third-order valence-corrected chi connectivity index (χ3v) is 9.02. The van der Waals surface area contributed by atoms with E-state index in [-0.39, 0.29) is 10.6 Å². The van der Waals surface area contributed by atoms with E-state index in [4.69, 9.17) is 16.3 Å². The summed E-state index contributed by atoms with van der Waals surface area (Å²) in [6.07, 6.45) is -5.70. The van der Waals surface area contributed by atoms with Gasteiger partial charge in [0.05, 0.1) is 18.4 Å². The van der Waals surface area contributed by atoms with Crippen LogP contribution in [-0.4, -0.2) is 75.1 Å². The molecule has 3 rings (SSSR count). The van der Waals surface area contributed by atoms with Crippen molar-refractivity contribution < 1.29 is 54.6 Å². The van der Waals surface area contributed by atoms with E-state index in [1.165, 1.54) is 57.4 Å². The van der Waals surface area contributed by atoms with Crippen molar-refractivity contribution in [3.63, 3.8) is 0 Å². The lowest BCUT2D eigenvalue weighted by Gasteiger charge is -2.30. The molecular formula is C30H32ClF5N3O7S-. The largest absolute Gasteiger partial charge is 0.772 e. The summed E-state index contributed by atoms with van der Waals surface area (Å²) in [5.74, 6) is -12.2. The molecule has 0 aliphatic carbocycles. The molecule has 0 bridgehead atoms. The molecule has 0 saturated carbocycles. The fourth-order valence-corrected chi connectivity index (χ4v) is 6.37. The molecule has 0 spiro atoms. The second-order valence-corrected chi connectivity index (χ2v) is 12.8. The van der Waals surface area contributed by atoms with Crippen LogP contribution in [0.5, 0.6) is 5.75 Å². The molecule has 0 aromatic heterocycles. The van der Waals surface area contributed by atoms with Crippen LogP contribution in [0.15, 0.2) is 48.5 Å². The zero-order chi connectivity index (χ0) is 35.4. The van der Waals surface area contributed by atoms with Crippen molar-refractivity contribution in [2.24, 2.45) is 11.8 Å². The van der Waals surface area contributed by atoms with E-state index in [2.05, 4.69) is 0 Å². The van der Waals surface area contributed by atoms with Gasteiger partial charge in [0.15, 0.2) is 0 Å². The van der Waals surface area contributed by atoms with Gasteiger partial charge in [-0.05, 0) is 66.1 Å². The summed E-state index contributed by atoms with van der Waals surface area (Å²) in [6, 6.07) is 4.74. The first-order chi connectivity index (χ1) is 21.8. The van der Waals surface area contributed by atoms with E-state index in [1.54, 1.807) is 0 Å². The summed E-state index contributed by atoms with van der Waals surface area (Å²) >= 11 is 2.92. The maximum absolute atomic E-state index is 15.0. The molecule has 1 saturated heterocycles. The van der Waals surface area contributed by atoms with Crippen LogP contribution < -0.4 is 15.4 Å². The summed E-state index contributed by atoms with van der Waals surface area (Å²) in [4.78, 5) is 52.6. The molecule has 2 N–H and O–H groups in total. The highest BCUT2D eigenvalue weighted by atomic mass is 35.5. The third-order valence-electron chi connectivity index (χ3n) is 7.72. The number of carbonyl (C=O) groups excluding carboxylic acids is 4. The van der Waals surface area contributed by atoms with Gasteiger partial charge in [-0.25, -0.2) is 0 Å². The zero-order valence-electron chi connectivity index (χ0n) is 25.5. The maximum atomic E-state index is 15.0. The zero-order valence-corrected chi connectivity index (χ0v) is 27.1. The highest BCUT2D eigenvalue weighted by Crippen LogP contribution is 2.38. The minimum Gasteiger partial charge on any atom is -0.772 e. The number of rotatable bonds is 12. The highest BCUT2D eigenvalue weighted by molar-refractivity contribution is 7.79. The van der Waals surface area contributed by atoms with E-state index in [1.807, 2.05) is 10.6 Å². The van der Waals surface area contributed by atoms with Gasteiger partial charge in [0, 0.05) is 17.1 Å². The van der Waals surface area contributed by atoms with Crippen molar-refractivity contribution in [1.82, 2.24) is 15.5 Å². The Morgan fingerprint density at radius 3 is 2.15 bits per heavy atom. The van der Waals surface area contributed by atoms with Gasteiger partial charge in [0.25, 0.3) is 11.7 Å². The molecule has 1 fully saturated rings. The van der Waals surface area contributed by atoms with E-state index in [0.29, 0.717) is 5.75 Å². The van der Waals surface area contributed by atoms with Crippen molar-refractivity contribution in [2.75, 3.05) is 13.7 Å². The number of benzene rings is 2. The summed E-state index contributed by atoms with van der Waals surface area (Å²) in [5.41, 5.74) is -0.526. The number of amides is 3. The van der Waals surface area contributed by atoms with Crippen LogP contribution in [0.3, 0.4) is 0 Å². The Hall–Kier alpha value is -3.63. The fraction of sp³-hybridized carbons (Fsp3) is 0.467. The molecule has 258 valence electrons. The van der Waals surface area contributed by atoms with Crippen molar-refractivity contribution in [2.45, 2.75) is 62.7 Å². The Balaban J connectivity index is 1.95. The number of nitrogens with zero attached hydrogens (tertiary/aromatic N) is 1. The molecule has 10 nitrogen and oxygen atoms in total. The second-order valence-electron chi connectivity index (χ2n) is 11.3. The molecule has 2 aromatic carbocycles. The van der Waals surface area contributed by atoms with Gasteiger partial charge in [-0.3, -0.25) is 23.4 Å². The first-order valence-electron chi connectivity index (χ1n) is 14.2. The normalized spacial score (nSPS) is 19.4. The Labute approximate surface area is 274 Å². The quantitative estimate of drug-likeness (QED) is 0.250. The van der Waals surface area contributed by atoms with Gasteiger partial charge in [-0.1, -0.05) is 49.7 Å². The molecule has 2 unspecified atom stereocenters. The Morgan fingerprint density at radius 1 is 1.02 bits per heavy atom. The van der Waals surface area contributed by atoms with Gasteiger partial charge < -0.3 is 24.8 Å². The molecule has 1 heterocycles. The van der Waals surface area contributed by atoms with Crippen LogP contribution in [0.1, 0.15) is 43.6 Å². The number of ketones is 1. The highest BCUT2D eigenvalue weighted by Gasteiger charge is 2.49. The summed E-state index contributed by atoms with van der Waals surface area (Å²) in [6.45, 7) is 3.10. The number of nitrogens with one attached hydrogen (secondary N) is 2. The van der Waals surface area contributed by atoms with E-state index < -0.39 is 100 Å². The van der Waals surface area contributed by atoms with Gasteiger partial charge >= 0.3 is 12.1 Å². The van der Waals surface area contributed by atoms with Crippen molar-refractivity contribution in [3.05, 3.63) is 64.7 Å². The van der Waals surface area contributed by atoms with Crippen LogP contribution in [0.2, 0.25) is 5.02 Å². The smallest absolute Gasteiger partial charge is 0.452 e. The lowest BCUT2D eigenvalue weighted by atomic mass is 9.95. The van der Waals surface area contributed by atoms with Crippen molar-refractivity contribution in [3.8, 4) is 5.75 Å². The molecular weight excluding hydrogens is 677 g/mol. The lowest BCUT2D eigenvalue weighted by molar-refractivity contribution is -0.175. The first-order valence-corrected chi connectivity index (χ1v) is 15.7. The van der Waals surface area contributed by atoms with Crippen LogP contribution in [0.25, 0.3) is 0 Å². The topological polar surface area (TPSA) is 145 Å². The number of likely N-dealkylation sites (tertiary alicyclic amines) is 1. The maximum Gasteiger partial charge on any atom is 0.452 e. The number of ether oxygens (including phenoxy) is 1. The first kappa shape index (κ1) is 37.8. The molecule has 6 atom stereocenters. The number of carbonyl (C=O) groups is 4. The fourth-order valence-electron chi connectivity index (χ4n) is 5.29. The molecule has 17 heteroatoms. The van der Waals surface area contributed by atoms with E-state index in [9.17, 15) is 49.9 Å². The number of hydrogen-bond donors (Lipinski definition) is 2. The lowest BCUT2D eigenvalue weighted by Crippen LogP contribution is -2.57. The average Bonchev–Trinajstić information content (AvgIpc) is 3.43. The summed E-state index contributed by atoms with van der Waals surface area (Å²) < 4.78 is 99.8. The molecule has 1 aliphatic rings. The van der Waals surface area contributed by atoms with Crippen LogP contribution in [0, 0.1) is 11.8 Å². The number of alkyl halides is 5. The van der Waals surface area contributed by atoms with Gasteiger partial charge in [-0.2, -0.15) is 22.0 Å². The van der Waals surface area contributed by atoms with Crippen LogP contribution >= 0.6 is 11.6 Å². The number of halogens is 6. The predicted octanol–water partition coefficient (Wildman–Crippen LogP) is 4.05. The number of methoxy groups -OCH3 is 1. The average molecular weight is 709 g/mol. The molecule has 1 aliphatic heterocycles. The molecule has 2 aromatic rings. The molecule has 0 radical (unpaired) electrons. The monoisotopic (exact) mass is 708 g/mol. The predicted molar refractivity (Wildman–Crippen MR) is 159 cm³/mol. The standard InChI is InChI=1S/C30H33ClF5N3O7S/c1-15(2)23(25(40)30(34,35)36)38-26(41)22-12-18(24(47(44)45)17-8-10-21(46-4)11-9-17)14-39(22)27(42)16(3)37-28(43)29(32,33)19-6-5-7-20(31)13-19/h5-11,13,15-16,18,22-24H,12,14H2,1-4H3,(H,37,43)(H,38,41)(H,44,45)/p-1/t16-,18+,22-,23-,24?/m0/s1. The minimum absolute atomic E-state index is 0.0815. The third kappa shape index (κ3) is 8.84. The SMILES string of the molecule is COc1ccc(C([C@@H]2C[C@@H](C(=O)N[C@H](C(=O)C(F)(F)F)C(C)C)N(C(=O)[C@H](C)NC(=O)C(F)(F)c3cccc(Cl)c3)C2)S(=O)[O-])cc1. The second kappa shape index (κ2) is 15.1. The molecule has 47 heavy (non-hydrogen) atoms. The Kier molecular flexibility index (Phi) is 12.1. The van der Waals surface area contributed by atoms with Gasteiger partial charge in [0.2, 0.25) is 11.8 Å². The van der Waals surface area contributed by atoms with E-state index >= 15 is 0 Å². The molecule has 3 amide bonds. The van der Waals surface area contributed by atoms with Gasteiger partial charge in [0.1, 0.15) is 17.8 Å². The Morgan fingerprint density at radius 2 is 1.64 bits per heavy atom. The minimum atomic E-state index is -5.30. The van der Waals surface area contributed by atoms with E-state index in [0.717, 1.165) is 24.0 Å². The number of hydrogen-bond acceptors (Lipinski definition) is 7. The van der Waals surface area contributed by atoms with Gasteiger partial charge in [-0.15, -0.1) is 0 Å². The van der Waals surface area contributed by atoms with Crippen molar-refractivity contribution in [1.29, 1.82) is 0 Å². The summed E-state index contributed by atoms with van der Waals surface area (Å²) in [7, 11) is 1.39. The van der Waals surface area contributed by atoms with Crippen LogP contribution in [-0.2, 0) is 36.2 Å². The Bertz CT molecular complexity index is 1510. The van der Waals surface area contributed by atoms with Crippen LogP contribution in [0.4, 0.5) is 22.0 Å².